The number of benzene rings is 2. The van der Waals surface area contributed by atoms with Crippen LogP contribution in [0.5, 0.6) is 0 Å². The molecule has 0 spiro atoms. The molecular formula is C18H22N2O3. The Morgan fingerprint density at radius 3 is 2.52 bits per heavy atom. The van der Waals surface area contributed by atoms with Gasteiger partial charge in [-0.05, 0) is 35.2 Å². The molecule has 2 aromatic rings. The molecule has 2 aromatic carbocycles. The topological polar surface area (TPSA) is 70.6 Å². The van der Waals surface area contributed by atoms with Gasteiger partial charge in [-0.15, -0.1) is 0 Å². The van der Waals surface area contributed by atoms with Crippen molar-refractivity contribution in [3.05, 3.63) is 65.2 Å². The zero-order chi connectivity index (χ0) is 16.5. The van der Waals surface area contributed by atoms with Crippen LogP contribution in [0.4, 0.5) is 10.5 Å². The van der Waals surface area contributed by atoms with Gasteiger partial charge in [-0.3, -0.25) is 0 Å². The van der Waals surface area contributed by atoms with Crippen LogP contribution >= 0.6 is 0 Å². The first-order chi connectivity index (χ1) is 11.2. The summed E-state index contributed by atoms with van der Waals surface area (Å²) in [7, 11) is 1.64. The first kappa shape index (κ1) is 17.0. The van der Waals surface area contributed by atoms with E-state index in [4.69, 9.17) is 9.84 Å². The number of amides is 2. The Morgan fingerprint density at radius 1 is 1.09 bits per heavy atom. The first-order valence-corrected chi connectivity index (χ1v) is 7.52. The molecule has 0 atom stereocenters. The van der Waals surface area contributed by atoms with E-state index in [2.05, 4.69) is 10.6 Å². The summed E-state index contributed by atoms with van der Waals surface area (Å²) in [4.78, 5) is 11.9. The summed E-state index contributed by atoms with van der Waals surface area (Å²) in [6.07, 6.45) is 0.739. The summed E-state index contributed by atoms with van der Waals surface area (Å²) in [5, 5.41) is 14.6. The van der Waals surface area contributed by atoms with Gasteiger partial charge in [0.05, 0.1) is 13.2 Å². The summed E-state index contributed by atoms with van der Waals surface area (Å²) in [5.41, 5.74) is 3.75. The van der Waals surface area contributed by atoms with Crippen LogP contribution in [-0.2, 0) is 24.4 Å². The van der Waals surface area contributed by atoms with Crippen molar-refractivity contribution in [3.63, 3.8) is 0 Å². The molecule has 0 unspecified atom stereocenters. The van der Waals surface area contributed by atoms with E-state index in [1.165, 1.54) is 0 Å². The second-order valence-electron chi connectivity index (χ2n) is 5.24. The number of aliphatic hydroxyl groups excluding tert-OH is 1. The van der Waals surface area contributed by atoms with E-state index in [-0.39, 0.29) is 12.6 Å². The van der Waals surface area contributed by atoms with E-state index in [1.807, 2.05) is 48.5 Å². The second kappa shape index (κ2) is 8.92. The van der Waals surface area contributed by atoms with Crippen molar-refractivity contribution in [1.82, 2.24) is 5.32 Å². The number of aliphatic hydroxyl groups is 1. The van der Waals surface area contributed by atoms with E-state index in [0.29, 0.717) is 13.2 Å². The standard InChI is InChI=1S/C18H22N2O3/c1-23-13-16-3-2-4-17(11-16)20-18(22)19-10-9-14-5-7-15(12-21)8-6-14/h2-8,11,21H,9-10,12-13H2,1H3,(H2,19,20,22). The predicted octanol–water partition coefficient (Wildman–Crippen LogP) is 2.69. The Bertz CT molecular complexity index is 626. The van der Waals surface area contributed by atoms with E-state index < -0.39 is 0 Å². The Morgan fingerprint density at radius 2 is 1.83 bits per heavy atom. The molecular weight excluding hydrogens is 292 g/mol. The first-order valence-electron chi connectivity index (χ1n) is 7.52. The van der Waals surface area contributed by atoms with Gasteiger partial charge >= 0.3 is 6.03 Å². The summed E-state index contributed by atoms with van der Waals surface area (Å²) in [5.74, 6) is 0. The second-order valence-corrected chi connectivity index (χ2v) is 5.24. The lowest BCUT2D eigenvalue weighted by molar-refractivity contribution is 0.185. The lowest BCUT2D eigenvalue weighted by atomic mass is 10.1. The van der Waals surface area contributed by atoms with E-state index in [0.717, 1.165) is 28.8 Å². The zero-order valence-electron chi connectivity index (χ0n) is 13.2. The fraction of sp³-hybridized carbons (Fsp3) is 0.278. The van der Waals surface area contributed by atoms with Gasteiger partial charge in [0.1, 0.15) is 0 Å². The lowest BCUT2D eigenvalue weighted by Crippen LogP contribution is -2.30. The molecule has 0 aliphatic rings. The molecule has 0 heterocycles. The maximum Gasteiger partial charge on any atom is 0.319 e. The SMILES string of the molecule is COCc1cccc(NC(=O)NCCc2ccc(CO)cc2)c1. The summed E-state index contributed by atoms with van der Waals surface area (Å²) in [6.45, 7) is 1.10. The number of ether oxygens (including phenoxy) is 1. The molecule has 5 nitrogen and oxygen atoms in total. The van der Waals surface area contributed by atoms with Gasteiger partial charge in [0.2, 0.25) is 0 Å². The van der Waals surface area contributed by atoms with Crippen LogP contribution in [0.25, 0.3) is 0 Å². The average molecular weight is 314 g/mol. The molecule has 0 radical (unpaired) electrons. The normalized spacial score (nSPS) is 10.3. The molecule has 0 saturated heterocycles. The number of rotatable bonds is 7. The molecule has 5 heteroatoms. The summed E-state index contributed by atoms with van der Waals surface area (Å²) >= 11 is 0. The quantitative estimate of drug-likeness (QED) is 0.736. The maximum absolute atomic E-state index is 11.9. The highest BCUT2D eigenvalue weighted by atomic mass is 16.5. The molecule has 23 heavy (non-hydrogen) atoms. The van der Waals surface area contributed by atoms with Crippen LogP contribution in [-0.4, -0.2) is 24.8 Å². The van der Waals surface area contributed by atoms with Crippen molar-refractivity contribution < 1.29 is 14.6 Å². The molecule has 2 rings (SSSR count). The minimum absolute atomic E-state index is 0.0447. The molecule has 0 aromatic heterocycles. The van der Waals surface area contributed by atoms with Crippen LogP contribution in [0.3, 0.4) is 0 Å². The zero-order valence-corrected chi connectivity index (χ0v) is 13.2. The highest BCUT2D eigenvalue weighted by Crippen LogP contribution is 2.11. The van der Waals surface area contributed by atoms with Gasteiger partial charge in [0, 0.05) is 19.3 Å². The number of nitrogens with one attached hydrogen (secondary N) is 2. The summed E-state index contributed by atoms with van der Waals surface area (Å²) in [6, 6.07) is 15.0. The Balaban J connectivity index is 1.77. The third-order valence-corrected chi connectivity index (χ3v) is 3.40. The van der Waals surface area contributed by atoms with Crippen LogP contribution in [0.2, 0.25) is 0 Å². The Hall–Kier alpha value is -2.37. The van der Waals surface area contributed by atoms with Gasteiger partial charge in [-0.25, -0.2) is 4.79 Å². The number of hydrogen-bond acceptors (Lipinski definition) is 3. The largest absolute Gasteiger partial charge is 0.392 e. The number of methoxy groups -OCH3 is 1. The van der Waals surface area contributed by atoms with Gasteiger partial charge < -0.3 is 20.5 Å². The minimum atomic E-state index is -0.230. The molecule has 0 aliphatic carbocycles. The smallest absolute Gasteiger partial charge is 0.319 e. The Kier molecular flexibility index (Phi) is 6.59. The molecule has 3 N–H and O–H groups in total. The van der Waals surface area contributed by atoms with Crippen LogP contribution in [0.15, 0.2) is 48.5 Å². The van der Waals surface area contributed by atoms with Crippen molar-refractivity contribution in [3.8, 4) is 0 Å². The molecule has 2 amide bonds. The van der Waals surface area contributed by atoms with Crippen LogP contribution in [0, 0.1) is 0 Å². The van der Waals surface area contributed by atoms with Crippen molar-refractivity contribution >= 4 is 11.7 Å². The highest BCUT2D eigenvalue weighted by Gasteiger charge is 2.02. The fourth-order valence-corrected chi connectivity index (χ4v) is 2.21. The fourth-order valence-electron chi connectivity index (χ4n) is 2.21. The van der Waals surface area contributed by atoms with Crippen LogP contribution < -0.4 is 10.6 Å². The number of carbonyl (C=O) groups excluding carboxylic acids is 1. The molecule has 0 aliphatic heterocycles. The number of urea groups is 1. The maximum atomic E-state index is 11.9. The van der Waals surface area contributed by atoms with Crippen molar-refractivity contribution in [1.29, 1.82) is 0 Å². The van der Waals surface area contributed by atoms with Gasteiger partial charge in [0.25, 0.3) is 0 Å². The predicted molar refractivity (Wildman–Crippen MR) is 90.2 cm³/mol. The van der Waals surface area contributed by atoms with E-state index in [1.54, 1.807) is 7.11 Å². The molecule has 0 saturated carbocycles. The molecule has 0 bridgehead atoms. The third kappa shape index (κ3) is 5.73. The highest BCUT2D eigenvalue weighted by molar-refractivity contribution is 5.89. The van der Waals surface area contributed by atoms with E-state index >= 15 is 0 Å². The van der Waals surface area contributed by atoms with E-state index in [9.17, 15) is 4.79 Å². The number of hydrogen-bond donors (Lipinski definition) is 3. The lowest BCUT2D eigenvalue weighted by Gasteiger charge is -2.09. The molecule has 122 valence electrons. The minimum Gasteiger partial charge on any atom is -0.392 e. The number of anilines is 1. The van der Waals surface area contributed by atoms with Crippen molar-refractivity contribution in [2.45, 2.75) is 19.6 Å². The van der Waals surface area contributed by atoms with Crippen LogP contribution in [0.1, 0.15) is 16.7 Å². The monoisotopic (exact) mass is 314 g/mol. The van der Waals surface area contributed by atoms with Crippen molar-refractivity contribution in [2.75, 3.05) is 19.0 Å². The van der Waals surface area contributed by atoms with Gasteiger partial charge in [-0.2, -0.15) is 0 Å². The average Bonchev–Trinajstić information content (AvgIpc) is 2.56. The van der Waals surface area contributed by atoms with Gasteiger partial charge in [-0.1, -0.05) is 36.4 Å². The summed E-state index contributed by atoms with van der Waals surface area (Å²) < 4.78 is 5.07. The Labute approximate surface area is 136 Å². The number of carbonyl (C=O) groups is 1. The van der Waals surface area contributed by atoms with Gasteiger partial charge in [0.15, 0.2) is 0 Å². The molecule has 0 fully saturated rings. The third-order valence-electron chi connectivity index (χ3n) is 3.40. The van der Waals surface area contributed by atoms with Crippen molar-refractivity contribution in [2.24, 2.45) is 0 Å².